The van der Waals surface area contributed by atoms with Crippen LogP contribution in [0.15, 0.2) is 48.5 Å². The van der Waals surface area contributed by atoms with Crippen LogP contribution in [0.5, 0.6) is 11.5 Å². The zero-order chi connectivity index (χ0) is 28.3. The second-order valence-corrected chi connectivity index (χ2v) is 9.33. The van der Waals surface area contributed by atoms with Crippen LogP contribution < -0.4 is 25.4 Å². The minimum absolute atomic E-state index is 0.0718. The molecule has 0 aromatic heterocycles. The van der Waals surface area contributed by atoms with Crippen LogP contribution in [0, 0.1) is 11.3 Å². The number of amides is 1. The Labute approximate surface area is 220 Å². The van der Waals surface area contributed by atoms with Crippen molar-refractivity contribution in [2.24, 2.45) is 0 Å². The number of carbonyl (C=O) groups is 1. The molecule has 2 aromatic carbocycles. The van der Waals surface area contributed by atoms with Crippen LogP contribution in [0.1, 0.15) is 45.2 Å². The third-order valence-electron chi connectivity index (χ3n) is 5.69. The molecule has 0 bridgehead atoms. The van der Waals surface area contributed by atoms with E-state index < -0.39 is 42.3 Å². The molecule has 0 aliphatic carbocycles. The van der Waals surface area contributed by atoms with Gasteiger partial charge in [-0.3, -0.25) is 10.1 Å². The van der Waals surface area contributed by atoms with Crippen molar-refractivity contribution in [1.29, 1.82) is 5.26 Å². The molecule has 0 radical (unpaired) electrons. The molecule has 0 heterocycles. The maximum atomic E-state index is 14.6. The van der Waals surface area contributed by atoms with Crippen molar-refractivity contribution in [3.63, 3.8) is 0 Å². The smallest absolute Gasteiger partial charge is 0.407 e. The summed E-state index contributed by atoms with van der Waals surface area (Å²) in [5.41, 5.74) is -1.38. The monoisotopic (exact) mass is 538 g/mol. The van der Waals surface area contributed by atoms with E-state index in [0.717, 1.165) is 0 Å². The molecule has 7 nitrogen and oxygen atoms in total. The number of carbonyl (C=O) groups excluding carboxylic acids is 1. The van der Waals surface area contributed by atoms with E-state index in [4.69, 9.17) is 14.7 Å². The van der Waals surface area contributed by atoms with Crippen LogP contribution in [-0.2, 0) is 4.79 Å². The fourth-order valence-electron chi connectivity index (χ4n) is 3.79. The number of nitrogens with zero attached hydrogens (tertiary/aromatic N) is 1. The summed E-state index contributed by atoms with van der Waals surface area (Å²) in [6, 6.07) is 9.89. The van der Waals surface area contributed by atoms with Gasteiger partial charge in [-0.1, -0.05) is 37.3 Å². The van der Waals surface area contributed by atoms with Gasteiger partial charge in [0.15, 0.2) is 6.61 Å². The molecule has 0 saturated carbocycles. The molecule has 0 spiro atoms. The van der Waals surface area contributed by atoms with Crippen molar-refractivity contribution >= 4 is 11.6 Å². The number of ether oxygens (including phenoxy) is 2. The molecule has 0 fully saturated rings. The molecule has 38 heavy (non-hydrogen) atoms. The molecule has 0 saturated heterocycles. The highest BCUT2D eigenvalue weighted by Gasteiger charge is 2.43. The van der Waals surface area contributed by atoms with Crippen molar-refractivity contribution in [1.82, 2.24) is 10.6 Å². The first-order valence-corrected chi connectivity index (χ1v) is 12.2. The first kappa shape index (κ1) is 30.7. The van der Waals surface area contributed by atoms with Crippen molar-refractivity contribution < 1.29 is 31.8 Å². The maximum Gasteiger partial charge on any atom is 0.407 e. The molecular formula is C27H34F4N4O3. The highest BCUT2D eigenvalue weighted by Crippen LogP contribution is 2.34. The highest BCUT2D eigenvalue weighted by atomic mass is 19.4. The van der Waals surface area contributed by atoms with E-state index in [1.165, 1.54) is 45.2 Å². The summed E-state index contributed by atoms with van der Waals surface area (Å²) < 4.78 is 67.0. The first-order chi connectivity index (χ1) is 17.9. The van der Waals surface area contributed by atoms with E-state index in [0.29, 0.717) is 23.6 Å². The van der Waals surface area contributed by atoms with Crippen LogP contribution in [0.2, 0.25) is 0 Å². The number of methoxy groups -OCH3 is 1. The Morgan fingerprint density at radius 2 is 1.79 bits per heavy atom. The number of anilines is 1. The predicted molar refractivity (Wildman–Crippen MR) is 137 cm³/mol. The molecule has 0 aliphatic heterocycles. The maximum absolute atomic E-state index is 14.6. The zero-order valence-corrected chi connectivity index (χ0v) is 21.9. The van der Waals surface area contributed by atoms with E-state index in [9.17, 15) is 22.4 Å². The van der Waals surface area contributed by atoms with Crippen LogP contribution >= 0.6 is 0 Å². The summed E-state index contributed by atoms with van der Waals surface area (Å²) in [6.45, 7) is 4.35. The summed E-state index contributed by atoms with van der Waals surface area (Å²) in [5, 5.41) is 16.9. The lowest BCUT2D eigenvalue weighted by molar-refractivity contribution is -0.161. The molecule has 2 rings (SSSR count). The number of nitriles is 1. The lowest BCUT2D eigenvalue weighted by Crippen LogP contribution is -2.53. The molecule has 3 atom stereocenters. The lowest BCUT2D eigenvalue weighted by atomic mass is 9.97. The molecule has 208 valence electrons. The predicted octanol–water partition coefficient (Wildman–Crippen LogP) is 5.30. The summed E-state index contributed by atoms with van der Waals surface area (Å²) in [4.78, 5) is 13.2. The Morgan fingerprint density at radius 1 is 1.11 bits per heavy atom. The van der Waals surface area contributed by atoms with Crippen LogP contribution in [-0.4, -0.2) is 50.1 Å². The molecule has 0 aliphatic rings. The normalized spacial score (nSPS) is 14.1. The van der Waals surface area contributed by atoms with Gasteiger partial charge in [0, 0.05) is 25.1 Å². The highest BCUT2D eigenvalue weighted by molar-refractivity contribution is 5.82. The molecule has 3 N–H and O–H groups in total. The average Bonchev–Trinajstić information content (AvgIpc) is 2.86. The van der Waals surface area contributed by atoms with Crippen molar-refractivity contribution in [3.05, 3.63) is 54.1 Å². The minimum atomic E-state index is -4.70. The number of halogens is 4. The topological polar surface area (TPSA) is 95.4 Å². The number of alkyl halides is 4. The van der Waals surface area contributed by atoms with Crippen LogP contribution in [0.3, 0.4) is 0 Å². The van der Waals surface area contributed by atoms with Crippen molar-refractivity contribution in [2.75, 3.05) is 25.6 Å². The Bertz CT molecular complexity index is 1070. The van der Waals surface area contributed by atoms with E-state index >= 15 is 0 Å². The van der Waals surface area contributed by atoms with Gasteiger partial charge in [-0.25, -0.2) is 4.39 Å². The van der Waals surface area contributed by atoms with Gasteiger partial charge in [-0.15, -0.1) is 0 Å². The Hall–Kier alpha value is -3.52. The third kappa shape index (κ3) is 9.74. The van der Waals surface area contributed by atoms with E-state index in [-0.39, 0.29) is 18.7 Å². The largest absolute Gasteiger partial charge is 0.494 e. The van der Waals surface area contributed by atoms with Crippen molar-refractivity contribution in [3.8, 4) is 17.6 Å². The van der Waals surface area contributed by atoms with E-state index in [1.807, 2.05) is 13.0 Å². The van der Waals surface area contributed by atoms with Gasteiger partial charge in [0.05, 0.1) is 18.8 Å². The Balaban J connectivity index is 2.16. The van der Waals surface area contributed by atoms with Gasteiger partial charge < -0.3 is 20.1 Å². The van der Waals surface area contributed by atoms with Gasteiger partial charge in [0.25, 0.3) is 0 Å². The fourth-order valence-corrected chi connectivity index (χ4v) is 3.79. The first-order valence-electron chi connectivity index (χ1n) is 12.2. The summed E-state index contributed by atoms with van der Waals surface area (Å²) in [7, 11) is 1.46. The standard InChI is InChI=1S/C27H34F4N4O3/c1-5-19(17-33-21-12-11-20(38-14-13-32)15-23(21)37-4)34-25(36)22(16-26(2,3)28)35-24(27(29,30)31)18-9-7-6-8-10-18/h6-12,15,19,22,24,33,35H,5,14,16-17H2,1-4H3,(H,34,36)/t19-,22?,24-/m0/s1. The average molecular weight is 539 g/mol. The second kappa shape index (κ2) is 13.9. The Kier molecular flexibility index (Phi) is 11.2. The summed E-state index contributed by atoms with van der Waals surface area (Å²) >= 11 is 0. The molecule has 1 unspecified atom stereocenters. The van der Waals surface area contributed by atoms with Gasteiger partial charge in [0.2, 0.25) is 5.91 Å². The van der Waals surface area contributed by atoms with Gasteiger partial charge in [0.1, 0.15) is 29.3 Å². The third-order valence-corrected chi connectivity index (χ3v) is 5.69. The van der Waals surface area contributed by atoms with Crippen LogP contribution in [0.4, 0.5) is 23.2 Å². The number of hydrogen-bond acceptors (Lipinski definition) is 6. The molecule has 2 aromatic rings. The van der Waals surface area contributed by atoms with Gasteiger partial charge in [-0.05, 0) is 38.0 Å². The molecule has 1 amide bonds. The lowest BCUT2D eigenvalue weighted by Gasteiger charge is -2.31. The van der Waals surface area contributed by atoms with Gasteiger partial charge in [-0.2, -0.15) is 18.4 Å². The van der Waals surface area contributed by atoms with E-state index in [1.54, 1.807) is 24.3 Å². The second-order valence-electron chi connectivity index (χ2n) is 9.33. The quantitative estimate of drug-likeness (QED) is 0.283. The number of rotatable bonds is 14. The number of benzene rings is 2. The zero-order valence-electron chi connectivity index (χ0n) is 21.9. The number of nitrogens with one attached hydrogen (secondary N) is 3. The Morgan fingerprint density at radius 3 is 2.34 bits per heavy atom. The van der Waals surface area contributed by atoms with Crippen molar-refractivity contribution in [2.45, 2.75) is 63.6 Å². The fraction of sp³-hybridized carbons (Fsp3) is 0.481. The minimum Gasteiger partial charge on any atom is -0.494 e. The SMILES string of the molecule is CC[C@@H](CNc1ccc(OCC#N)cc1OC)NC(=O)C(CC(C)(C)F)N[C@@H](c1ccccc1)C(F)(F)F. The van der Waals surface area contributed by atoms with Crippen LogP contribution in [0.25, 0.3) is 0 Å². The molecule has 11 heteroatoms. The summed E-state index contributed by atoms with van der Waals surface area (Å²) in [5.74, 6) is 0.146. The number of hydrogen-bond donors (Lipinski definition) is 3. The van der Waals surface area contributed by atoms with Gasteiger partial charge >= 0.3 is 6.18 Å². The summed E-state index contributed by atoms with van der Waals surface area (Å²) in [6.07, 6.45) is -4.71. The van der Waals surface area contributed by atoms with E-state index in [2.05, 4.69) is 16.0 Å². The molecular weight excluding hydrogens is 504 g/mol.